The zero-order valence-corrected chi connectivity index (χ0v) is 17.9. The van der Waals surface area contributed by atoms with Crippen LogP contribution in [-0.4, -0.2) is 34.0 Å². The molecule has 0 N–H and O–H groups in total. The van der Waals surface area contributed by atoms with Gasteiger partial charge < -0.3 is 9.42 Å². The van der Waals surface area contributed by atoms with Crippen molar-refractivity contribution in [1.82, 2.24) is 15.0 Å². The van der Waals surface area contributed by atoms with Crippen molar-refractivity contribution in [1.29, 1.82) is 0 Å². The van der Waals surface area contributed by atoms with Gasteiger partial charge in [0, 0.05) is 28.7 Å². The van der Waals surface area contributed by atoms with Crippen LogP contribution in [0, 0.1) is 0 Å². The third-order valence-corrected chi connectivity index (χ3v) is 6.79. The number of benzene rings is 2. The summed E-state index contributed by atoms with van der Waals surface area (Å²) in [5.41, 5.74) is 1.45. The van der Waals surface area contributed by atoms with Crippen molar-refractivity contribution < 1.29 is 9.32 Å². The van der Waals surface area contributed by atoms with Crippen LogP contribution in [-0.2, 0) is 10.2 Å². The van der Waals surface area contributed by atoms with Gasteiger partial charge in [-0.05, 0) is 42.7 Å². The molecular weight excluding hydrogens is 421 g/mol. The van der Waals surface area contributed by atoms with Crippen LogP contribution in [0.2, 0.25) is 10.0 Å². The van der Waals surface area contributed by atoms with Crippen LogP contribution in [0.1, 0.15) is 43.1 Å². The van der Waals surface area contributed by atoms with Gasteiger partial charge in [-0.1, -0.05) is 65.5 Å². The number of hydrogen-bond donors (Lipinski definition) is 0. The summed E-state index contributed by atoms with van der Waals surface area (Å²) < 4.78 is 5.48. The Balaban J connectivity index is 1.30. The Morgan fingerprint density at radius 2 is 1.77 bits per heavy atom. The Bertz CT molecular complexity index is 1070. The number of carbonyl (C=O) groups is 1. The quantitative estimate of drug-likeness (QED) is 0.537. The molecule has 1 aliphatic carbocycles. The fourth-order valence-electron chi connectivity index (χ4n) is 4.62. The standard InChI is InChI=1S/C23H21Cl2N3O2/c24-18-8-6-17(7-9-18)23(10-1-2-11-23)22(29)28-13-16(14-28)21-26-20(27-30-21)15-4-3-5-19(25)12-15/h3-9,12,16H,1-2,10-11,13-14H2. The molecule has 0 radical (unpaired) electrons. The van der Waals surface area contributed by atoms with E-state index in [-0.39, 0.29) is 11.8 Å². The minimum atomic E-state index is -0.434. The molecule has 3 aromatic rings. The van der Waals surface area contributed by atoms with Crippen molar-refractivity contribution in [3.05, 3.63) is 70.0 Å². The predicted octanol–water partition coefficient (Wildman–Crippen LogP) is 5.48. The molecule has 154 valence electrons. The van der Waals surface area contributed by atoms with Crippen molar-refractivity contribution in [3.63, 3.8) is 0 Å². The molecular formula is C23H21Cl2N3O2. The highest BCUT2D eigenvalue weighted by Gasteiger charge is 2.48. The number of aromatic nitrogens is 2. The zero-order valence-electron chi connectivity index (χ0n) is 16.4. The molecule has 5 rings (SSSR count). The third kappa shape index (κ3) is 3.40. The van der Waals surface area contributed by atoms with E-state index in [9.17, 15) is 4.79 Å². The number of rotatable bonds is 4. The molecule has 7 heteroatoms. The average molecular weight is 442 g/mol. The van der Waals surface area contributed by atoms with Crippen LogP contribution < -0.4 is 0 Å². The fraction of sp³-hybridized carbons (Fsp3) is 0.348. The first kappa shape index (κ1) is 19.6. The van der Waals surface area contributed by atoms with Gasteiger partial charge in [0.25, 0.3) is 0 Å². The lowest BCUT2D eigenvalue weighted by molar-refractivity contribution is -0.142. The Kier molecular flexibility index (Phi) is 5.03. The van der Waals surface area contributed by atoms with E-state index in [1.807, 2.05) is 47.4 Å². The van der Waals surface area contributed by atoms with E-state index < -0.39 is 5.41 Å². The molecule has 0 atom stereocenters. The second-order valence-electron chi connectivity index (χ2n) is 8.17. The molecule has 0 bridgehead atoms. The zero-order chi connectivity index (χ0) is 20.7. The minimum absolute atomic E-state index is 0.0676. The van der Waals surface area contributed by atoms with Gasteiger partial charge in [-0.25, -0.2) is 0 Å². The maximum absolute atomic E-state index is 13.5. The monoisotopic (exact) mass is 441 g/mol. The Morgan fingerprint density at radius 1 is 1.03 bits per heavy atom. The molecule has 2 heterocycles. The molecule has 30 heavy (non-hydrogen) atoms. The number of amides is 1. The number of nitrogens with zero attached hydrogens (tertiary/aromatic N) is 3. The summed E-state index contributed by atoms with van der Waals surface area (Å²) >= 11 is 12.1. The predicted molar refractivity (Wildman–Crippen MR) is 116 cm³/mol. The van der Waals surface area contributed by atoms with Crippen molar-refractivity contribution in [2.24, 2.45) is 0 Å². The molecule has 1 aromatic heterocycles. The minimum Gasteiger partial charge on any atom is -0.340 e. The third-order valence-electron chi connectivity index (χ3n) is 6.31. The molecule has 2 aromatic carbocycles. The lowest BCUT2D eigenvalue weighted by atomic mass is 9.76. The summed E-state index contributed by atoms with van der Waals surface area (Å²) in [6.07, 6.45) is 3.90. The van der Waals surface area contributed by atoms with Crippen LogP contribution >= 0.6 is 23.2 Å². The lowest BCUT2D eigenvalue weighted by Gasteiger charge is -2.43. The number of carbonyl (C=O) groups excluding carboxylic acids is 1. The summed E-state index contributed by atoms with van der Waals surface area (Å²) in [4.78, 5) is 19.9. The second-order valence-corrected chi connectivity index (χ2v) is 9.04. The van der Waals surface area contributed by atoms with Crippen LogP contribution in [0.3, 0.4) is 0 Å². The molecule has 0 unspecified atom stereocenters. The van der Waals surface area contributed by atoms with Crippen molar-refractivity contribution in [2.75, 3.05) is 13.1 Å². The molecule has 5 nitrogen and oxygen atoms in total. The summed E-state index contributed by atoms with van der Waals surface area (Å²) in [5.74, 6) is 1.36. The first-order valence-electron chi connectivity index (χ1n) is 10.2. The maximum atomic E-state index is 13.5. The van der Waals surface area contributed by atoms with Crippen LogP contribution in [0.25, 0.3) is 11.4 Å². The molecule has 1 amide bonds. The number of hydrogen-bond acceptors (Lipinski definition) is 4. The van der Waals surface area contributed by atoms with Crippen molar-refractivity contribution >= 4 is 29.1 Å². The van der Waals surface area contributed by atoms with Crippen molar-refractivity contribution in [3.8, 4) is 11.4 Å². The van der Waals surface area contributed by atoms with Gasteiger partial charge in [0.1, 0.15) is 0 Å². The summed E-state index contributed by atoms with van der Waals surface area (Å²) in [6, 6.07) is 15.1. The van der Waals surface area contributed by atoms with Gasteiger partial charge in [-0.3, -0.25) is 4.79 Å². The van der Waals surface area contributed by atoms with E-state index in [2.05, 4.69) is 10.1 Å². The smallest absolute Gasteiger partial charge is 0.233 e. The van der Waals surface area contributed by atoms with E-state index in [0.29, 0.717) is 34.8 Å². The Hall–Kier alpha value is -2.37. The molecule has 1 aliphatic heterocycles. The van der Waals surface area contributed by atoms with E-state index in [0.717, 1.165) is 36.8 Å². The fourth-order valence-corrected chi connectivity index (χ4v) is 4.94. The molecule has 1 saturated heterocycles. The van der Waals surface area contributed by atoms with Gasteiger partial charge in [0.2, 0.25) is 17.6 Å². The largest absolute Gasteiger partial charge is 0.340 e. The SMILES string of the molecule is O=C(N1CC(c2nc(-c3cccc(Cl)c3)no2)C1)C1(c2ccc(Cl)cc2)CCCC1. The average Bonchev–Trinajstić information content (AvgIpc) is 3.38. The van der Waals surface area contributed by atoms with E-state index in [1.54, 1.807) is 6.07 Å². The first-order chi connectivity index (χ1) is 14.5. The molecule has 0 spiro atoms. The molecule has 2 fully saturated rings. The van der Waals surface area contributed by atoms with E-state index in [4.69, 9.17) is 27.7 Å². The molecule has 1 saturated carbocycles. The first-order valence-corrected chi connectivity index (χ1v) is 11.0. The highest BCUT2D eigenvalue weighted by Crippen LogP contribution is 2.44. The summed E-state index contributed by atoms with van der Waals surface area (Å²) in [7, 11) is 0. The molecule has 2 aliphatic rings. The highest BCUT2D eigenvalue weighted by molar-refractivity contribution is 6.31. The van der Waals surface area contributed by atoms with Crippen LogP contribution in [0.5, 0.6) is 0 Å². The summed E-state index contributed by atoms with van der Waals surface area (Å²) in [6.45, 7) is 1.21. The Labute approximate surface area is 185 Å². The second kappa shape index (κ2) is 7.71. The number of likely N-dealkylation sites (tertiary alicyclic amines) is 1. The maximum Gasteiger partial charge on any atom is 0.233 e. The topological polar surface area (TPSA) is 59.2 Å². The van der Waals surface area contributed by atoms with E-state index in [1.165, 1.54) is 0 Å². The van der Waals surface area contributed by atoms with Crippen LogP contribution in [0.15, 0.2) is 53.1 Å². The van der Waals surface area contributed by atoms with Crippen molar-refractivity contribution in [2.45, 2.75) is 37.0 Å². The summed E-state index contributed by atoms with van der Waals surface area (Å²) in [5, 5.41) is 5.40. The van der Waals surface area contributed by atoms with Crippen LogP contribution in [0.4, 0.5) is 0 Å². The Morgan fingerprint density at radius 3 is 2.47 bits per heavy atom. The van der Waals surface area contributed by atoms with Gasteiger partial charge in [0.15, 0.2) is 0 Å². The van der Waals surface area contributed by atoms with Gasteiger partial charge >= 0.3 is 0 Å². The van der Waals surface area contributed by atoms with Gasteiger partial charge in [-0.2, -0.15) is 4.98 Å². The lowest BCUT2D eigenvalue weighted by Crippen LogP contribution is -2.55. The van der Waals surface area contributed by atoms with Gasteiger partial charge in [-0.15, -0.1) is 0 Å². The number of halogens is 2. The van der Waals surface area contributed by atoms with E-state index >= 15 is 0 Å². The van der Waals surface area contributed by atoms with Gasteiger partial charge in [0.05, 0.1) is 11.3 Å². The normalized spacial score (nSPS) is 18.4. The highest BCUT2D eigenvalue weighted by atomic mass is 35.5.